The summed E-state index contributed by atoms with van der Waals surface area (Å²) in [5.74, 6) is 0. The van der Waals surface area contributed by atoms with Gasteiger partial charge in [0.1, 0.15) is 0 Å². The molecule has 16 aromatic carbocycles. The van der Waals surface area contributed by atoms with Crippen LogP contribution in [-0.2, 0) is 0 Å². The quantitative estimate of drug-likeness (QED) is 0.126. The van der Waals surface area contributed by atoms with Crippen molar-refractivity contribution in [3.8, 4) is 50.6 Å². The molecule has 0 aromatic heterocycles. The monoisotopic (exact) mass is 825 g/mol. The Balaban J connectivity index is 1.07. The Morgan fingerprint density at radius 3 is 1.00 bits per heavy atom. The van der Waals surface area contributed by atoms with E-state index in [9.17, 15) is 5.26 Å². The van der Waals surface area contributed by atoms with Gasteiger partial charge in [-0.25, -0.2) is 0 Å². The van der Waals surface area contributed by atoms with Gasteiger partial charge in [-0.2, -0.15) is 5.26 Å². The van der Waals surface area contributed by atoms with Gasteiger partial charge >= 0.3 is 0 Å². The molecular weight excluding hydrogens is 795 g/mol. The summed E-state index contributed by atoms with van der Waals surface area (Å²) in [5.41, 5.74) is 11.0. The van der Waals surface area contributed by atoms with Crippen molar-refractivity contribution >= 4 is 129 Å². The number of benzene rings is 14. The lowest BCUT2D eigenvalue weighted by molar-refractivity contribution is 1.51. The van der Waals surface area contributed by atoms with E-state index in [0.717, 1.165) is 5.39 Å². The number of hydrogen-bond acceptors (Lipinski definition) is 1. The predicted molar refractivity (Wildman–Crippen MR) is 281 cm³/mol. The number of nitrogens with zero attached hydrogens (tertiary/aromatic N) is 1. The number of hydrogen-bond donors (Lipinski definition) is 0. The van der Waals surface area contributed by atoms with Crippen LogP contribution < -0.4 is 0 Å². The van der Waals surface area contributed by atoms with E-state index in [2.05, 4.69) is 188 Å². The van der Waals surface area contributed by atoms with Gasteiger partial charge in [-0.05, 0) is 174 Å². The highest BCUT2D eigenvalue weighted by molar-refractivity contribution is 6.51. The lowest BCUT2D eigenvalue weighted by Crippen LogP contribution is -1.91. The second-order valence-corrected chi connectivity index (χ2v) is 18.7. The summed E-state index contributed by atoms with van der Waals surface area (Å²) in [5, 5.41) is 41.3. The molecule has 1 aliphatic rings. The Kier molecular flexibility index (Phi) is 5.85. The first-order valence-electron chi connectivity index (χ1n) is 23.0. The first-order chi connectivity index (χ1) is 32.8. The maximum Gasteiger partial charge on any atom is 0.0998 e. The number of fused-ring (bicyclic) bond motifs is 13. The molecule has 0 spiro atoms. The normalized spacial score (nSPS) is 12.8. The summed E-state index contributed by atoms with van der Waals surface area (Å²) < 4.78 is 0. The molecule has 296 valence electrons. The lowest BCUT2D eigenvalue weighted by atomic mass is 9.83. The van der Waals surface area contributed by atoms with Crippen LogP contribution in [0.2, 0.25) is 0 Å². The van der Waals surface area contributed by atoms with Crippen LogP contribution in [0.1, 0.15) is 5.56 Å². The van der Waals surface area contributed by atoms with Crippen molar-refractivity contribution in [2.75, 3.05) is 0 Å². The van der Waals surface area contributed by atoms with Crippen LogP contribution in [0.25, 0.3) is 174 Å². The van der Waals surface area contributed by atoms with Gasteiger partial charge < -0.3 is 0 Å². The Bertz CT molecular complexity index is 4640. The zero-order valence-corrected chi connectivity index (χ0v) is 35.3. The van der Waals surface area contributed by atoms with E-state index >= 15 is 0 Å². The van der Waals surface area contributed by atoms with Crippen molar-refractivity contribution in [3.63, 3.8) is 0 Å². The average Bonchev–Trinajstić information content (AvgIpc) is 4.02. The number of rotatable bonds is 2. The number of nitriles is 1. The third kappa shape index (κ3) is 3.70. The van der Waals surface area contributed by atoms with E-state index in [1.165, 1.54) is 168 Å². The van der Waals surface area contributed by atoms with Gasteiger partial charge in [0.15, 0.2) is 0 Å². The molecule has 0 heterocycles. The lowest BCUT2D eigenvalue weighted by Gasteiger charge is -2.20. The first kappa shape index (κ1) is 33.7. The van der Waals surface area contributed by atoms with E-state index in [4.69, 9.17) is 0 Å². The standard InChI is InChI=1S/C65H31N/c66-32-35-18-19-50-55-36(35)16-9-17-49(55)62-53(33-10-3-1-4-11-33)64-51-30-28-47-45-26-24-43-41-22-20-39-37-14-7-8-15-38(37)40-21-23-42(57(41)56(39)40)44-25-27-46(59(45)58(43)44)48-29-31-52(61(51)60(47)48)65(64)54(63(50)62)34-12-5-2-6-13-34/h1-31H. The molecule has 1 aliphatic carbocycles. The minimum atomic E-state index is 0.712. The molecule has 1 heteroatoms. The summed E-state index contributed by atoms with van der Waals surface area (Å²) in [4.78, 5) is 0. The Hall–Kier alpha value is -8.83. The fraction of sp³-hybridized carbons (Fsp3) is 0. The molecule has 0 bridgehead atoms. The van der Waals surface area contributed by atoms with E-state index < -0.39 is 0 Å². The molecular formula is C65H31N. The second-order valence-electron chi connectivity index (χ2n) is 18.7. The van der Waals surface area contributed by atoms with E-state index in [0.29, 0.717) is 5.56 Å². The topological polar surface area (TPSA) is 23.8 Å². The predicted octanol–water partition coefficient (Wildman–Crippen LogP) is 18.1. The summed E-state index contributed by atoms with van der Waals surface area (Å²) in [6, 6.07) is 73.2. The molecule has 0 aliphatic heterocycles. The van der Waals surface area contributed by atoms with Crippen LogP contribution in [0.3, 0.4) is 0 Å². The highest BCUT2D eigenvalue weighted by Gasteiger charge is 2.30. The molecule has 0 N–H and O–H groups in total. The molecule has 0 atom stereocenters. The molecule has 0 fully saturated rings. The molecule has 16 aromatic rings. The van der Waals surface area contributed by atoms with Crippen molar-refractivity contribution in [1.82, 2.24) is 0 Å². The van der Waals surface area contributed by atoms with Crippen LogP contribution in [0.4, 0.5) is 0 Å². The van der Waals surface area contributed by atoms with Gasteiger partial charge in [-0.1, -0.05) is 182 Å². The third-order valence-electron chi connectivity index (χ3n) is 16.0. The summed E-state index contributed by atoms with van der Waals surface area (Å²) >= 11 is 0. The molecule has 0 radical (unpaired) electrons. The van der Waals surface area contributed by atoms with Crippen molar-refractivity contribution in [3.05, 3.63) is 194 Å². The van der Waals surface area contributed by atoms with Crippen molar-refractivity contribution in [2.24, 2.45) is 0 Å². The smallest absolute Gasteiger partial charge is 0.0998 e. The minimum absolute atomic E-state index is 0.712. The van der Waals surface area contributed by atoms with Gasteiger partial charge in [0.25, 0.3) is 0 Å². The van der Waals surface area contributed by atoms with Gasteiger partial charge in [-0.15, -0.1) is 0 Å². The average molecular weight is 826 g/mol. The van der Waals surface area contributed by atoms with Gasteiger partial charge in [-0.3, -0.25) is 0 Å². The molecule has 0 saturated heterocycles. The highest BCUT2D eigenvalue weighted by atomic mass is 14.3. The second kappa shape index (κ2) is 11.5. The molecule has 0 unspecified atom stereocenters. The third-order valence-corrected chi connectivity index (χ3v) is 16.0. The van der Waals surface area contributed by atoms with Crippen LogP contribution in [0.5, 0.6) is 0 Å². The zero-order valence-electron chi connectivity index (χ0n) is 35.3. The van der Waals surface area contributed by atoms with Gasteiger partial charge in [0.05, 0.1) is 11.6 Å². The summed E-state index contributed by atoms with van der Waals surface area (Å²) in [7, 11) is 0. The highest BCUT2D eigenvalue weighted by Crippen LogP contribution is 2.58. The van der Waals surface area contributed by atoms with E-state index in [1.54, 1.807) is 0 Å². The van der Waals surface area contributed by atoms with Crippen LogP contribution >= 0.6 is 0 Å². The maximum absolute atomic E-state index is 10.3. The maximum atomic E-state index is 10.3. The molecule has 0 amide bonds. The molecule has 1 nitrogen and oxygen atoms in total. The molecule has 0 saturated carbocycles. The van der Waals surface area contributed by atoms with Gasteiger partial charge in [0.2, 0.25) is 0 Å². The van der Waals surface area contributed by atoms with Crippen molar-refractivity contribution in [1.29, 1.82) is 5.26 Å². The fourth-order valence-corrected chi connectivity index (χ4v) is 13.6. The molecule has 17 rings (SSSR count). The van der Waals surface area contributed by atoms with E-state index in [-0.39, 0.29) is 0 Å². The van der Waals surface area contributed by atoms with E-state index in [1.807, 2.05) is 6.07 Å². The van der Waals surface area contributed by atoms with Crippen LogP contribution in [0, 0.1) is 11.3 Å². The SMILES string of the molecule is N#Cc1ccc2c3c(-c4ccccc4)c4c5ccc6c7ccc8c9ccc%10c%11c(ccc(c%12ccc(c%13ccc(c4c(-c4ccccc4)c3c3cccc1c32)c5c%136)c7c%128)c%119)-c1ccccc1-%10. The Morgan fingerprint density at radius 2 is 0.545 bits per heavy atom. The van der Waals surface area contributed by atoms with Crippen molar-refractivity contribution < 1.29 is 0 Å². The summed E-state index contributed by atoms with van der Waals surface area (Å²) in [6.45, 7) is 0. The fourth-order valence-electron chi connectivity index (χ4n) is 13.6. The first-order valence-corrected chi connectivity index (χ1v) is 23.0. The Morgan fingerprint density at radius 1 is 0.212 bits per heavy atom. The molecule has 66 heavy (non-hydrogen) atoms. The Labute approximate surface area is 376 Å². The van der Waals surface area contributed by atoms with Gasteiger partial charge in [0, 0.05) is 5.39 Å². The zero-order chi connectivity index (χ0) is 42.7. The largest absolute Gasteiger partial charge is 0.192 e. The van der Waals surface area contributed by atoms with Crippen LogP contribution in [0.15, 0.2) is 188 Å². The summed E-state index contributed by atoms with van der Waals surface area (Å²) in [6.07, 6.45) is 0. The minimum Gasteiger partial charge on any atom is -0.192 e. The van der Waals surface area contributed by atoms with Crippen LogP contribution in [-0.4, -0.2) is 0 Å². The van der Waals surface area contributed by atoms with Crippen molar-refractivity contribution in [2.45, 2.75) is 0 Å².